The molecular formula is C17H20FN4O8P. The topological polar surface area (TPSA) is 138 Å². The Bertz CT molecular complexity index is 973. The van der Waals surface area contributed by atoms with Crippen molar-refractivity contribution in [2.75, 3.05) is 36.0 Å². The van der Waals surface area contributed by atoms with Crippen molar-refractivity contribution in [3.63, 3.8) is 0 Å². The molecule has 1 unspecified atom stereocenters. The van der Waals surface area contributed by atoms with Crippen molar-refractivity contribution in [1.29, 1.82) is 0 Å². The minimum Gasteiger partial charge on any atom is -0.442 e. The first-order valence-electron chi connectivity index (χ1n) is 9.10. The van der Waals surface area contributed by atoms with E-state index in [0.29, 0.717) is 17.8 Å². The highest BCUT2D eigenvalue weighted by molar-refractivity contribution is 7.51. The number of amides is 2. The summed E-state index contributed by atoms with van der Waals surface area (Å²) in [5, 5.41) is 3.62. The summed E-state index contributed by atoms with van der Waals surface area (Å²) < 4.78 is 36.7. The molecule has 168 valence electrons. The normalized spacial score (nSPS) is 20.0. The minimum absolute atomic E-state index is 0.125. The van der Waals surface area contributed by atoms with Gasteiger partial charge in [-0.3, -0.25) is 19.4 Å². The fourth-order valence-corrected chi connectivity index (χ4v) is 4.24. The monoisotopic (exact) mass is 458 g/mol. The van der Waals surface area contributed by atoms with Crippen LogP contribution in [-0.4, -0.2) is 66.2 Å². The summed E-state index contributed by atoms with van der Waals surface area (Å²) >= 11 is 0. The zero-order chi connectivity index (χ0) is 22.8. The number of hydrogen-bond acceptors (Lipinski definition) is 9. The van der Waals surface area contributed by atoms with Gasteiger partial charge in [0.25, 0.3) is 0 Å². The number of benzene rings is 1. The lowest BCUT2D eigenvalue weighted by atomic mass is 10.2. The quantitative estimate of drug-likeness (QED) is 0.628. The van der Waals surface area contributed by atoms with Gasteiger partial charge in [0.05, 0.1) is 31.0 Å². The summed E-state index contributed by atoms with van der Waals surface area (Å²) in [4.78, 5) is 52.5. The molecule has 1 N–H and O–H groups in total. The number of halogens is 1. The van der Waals surface area contributed by atoms with Crippen molar-refractivity contribution < 1.29 is 42.3 Å². The number of anilines is 2. The van der Waals surface area contributed by atoms with Gasteiger partial charge in [-0.05, 0) is 18.2 Å². The van der Waals surface area contributed by atoms with E-state index in [1.807, 2.05) is 0 Å². The summed E-state index contributed by atoms with van der Waals surface area (Å²) in [7, 11) is -4.77. The Morgan fingerprint density at radius 1 is 1.42 bits per heavy atom. The van der Waals surface area contributed by atoms with Crippen LogP contribution in [0.25, 0.3) is 0 Å². The molecule has 1 aromatic rings. The summed E-state index contributed by atoms with van der Waals surface area (Å²) in [5.74, 6) is -2.52. The molecule has 0 saturated carbocycles. The van der Waals surface area contributed by atoms with E-state index in [2.05, 4.69) is 9.68 Å². The number of carbonyl (C=O) groups excluding carboxylic acids is 3. The average Bonchev–Trinajstić information content (AvgIpc) is 3.05. The van der Waals surface area contributed by atoms with E-state index < -0.39 is 44.2 Å². The first-order valence-corrected chi connectivity index (χ1v) is 10.6. The fraction of sp³-hybridized carbons (Fsp3) is 0.412. The van der Waals surface area contributed by atoms with Gasteiger partial charge in [-0.1, -0.05) is 5.16 Å². The van der Waals surface area contributed by atoms with Gasteiger partial charge in [0.15, 0.2) is 0 Å². The summed E-state index contributed by atoms with van der Waals surface area (Å²) in [6.45, 7) is 2.00. The number of nitrogens with zero attached hydrogens (tertiary/aromatic N) is 4. The number of oxime groups is 1. The highest BCUT2D eigenvalue weighted by Crippen LogP contribution is 2.47. The van der Waals surface area contributed by atoms with Crippen LogP contribution >= 0.6 is 7.75 Å². The van der Waals surface area contributed by atoms with Crippen LogP contribution in [0.4, 0.5) is 20.6 Å². The van der Waals surface area contributed by atoms with E-state index in [0.717, 1.165) is 24.8 Å². The number of carbonyl (C=O) groups is 3. The van der Waals surface area contributed by atoms with Crippen LogP contribution in [0.3, 0.4) is 0 Å². The first-order chi connectivity index (χ1) is 14.6. The molecule has 0 aliphatic carbocycles. The summed E-state index contributed by atoms with van der Waals surface area (Å²) in [6, 6.07) is 4.11. The Hall–Kier alpha value is -3.18. The van der Waals surface area contributed by atoms with Crippen LogP contribution < -0.4 is 9.80 Å². The van der Waals surface area contributed by atoms with Crippen LogP contribution in [0.1, 0.15) is 13.8 Å². The van der Waals surface area contributed by atoms with Crippen molar-refractivity contribution in [2.24, 2.45) is 5.16 Å². The highest BCUT2D eigenvalue weighted by atomic mass is 31.2. The molecule has 2 atom stereocenters. The Morgan fingerprint density at radius 2 is 2.16 bits per heavy atom. The molecule has 2 amide bonds. The van der Waals surface area contributed by atoms with Gasteiger partial charge < -0.3 is 19.0 Å². The van der Waals surface area contributed by atoms with Crippen LogP contribution in [0.5, 0.6) is 0 Å². The van der Waals surface area contributed by atoms with Gasteiger partial charge >= 0.3 is 19.8 Å². The van der Waals surface area contributed by atoms with E-state index in [9.17, 15) is 28.2 Å². The van der Waals surface area contributed by atoms with Crippen molar-refractivity contribution in [1.82, 2.24) is 4.67 Å². The predicted molar refractivity (Wildman–Crippen MR) is 105 cm³/mol. The second-order valence-corrected chi connectivity index (χ2v) is 8.32. The van der Waals surface area contributed by atoms with Gasteiger partial charge in [-0.15, -0.1) is 0 Å². The molecule has 0 aromatic heterocycles. The van der Waals surface area contributed by atoms with Crippen LogP contribution in [0.2, 0.25) is 0 Å². The molecule has 2 aliphatic rings. The van der Waals surface area contributed by atoms with Gasteiger partial charge in [0.2, 0.25) is 5.91 Å². The molecular weight excluding hydrogens is 438 g/mol. The molecule has 1 fully saturated rings. The molecule has 3 rings (SSSR count). The second kappa shape index (κ2) is 8.90. The fourth-order valence-electron chi connectivity index (χ4n) is 3.07. The van der Waals surface area contributed by atoms with E-state index in [4.69, 9.17) is 9.57 Å². The number of hydrogen-bond donors (Lipinski definition) is 1. The van der Waals surface area contributed by atoms with Crippen LogP contribution in [-0.2, 0) is 28.3 Å². The van der Waals surface area contributed by atoms with Crippen molar-refractivity contribution in [2.45, 2.75) is 20.0 Å². The molecule has 0 radical (unpaired) electrons. The number of cyclic esters (lactones) is 1. The smallest absolute Gasteiger partial charge is 0.442 e. The second-order valence-electron chi connectivity index (χ2n) is 6.67. The third kappa shape index (κ3) is 5.12. The lowest BCUT2D eigenvalue weighted by Crippen LogP contribution is -2.36. The third-order valence-corrected chi connectivity index (χ3v) is 5.95. The maximum Gasteiger partial charge on any atom is 0.490 e. The average molecular weight is 458 g/mol. The Kier molecular flexibility index (Phi) is 6.46. The Balaban J connectivity index is 1.73. The van der Waals surface area contributed by atoms with Crippen molar-refractivity contribution in [3.8, 4) is 0 Å². The third-order valence-electron chi connectivity index (χ3n) is 4.40. The first kappa shape index (κ1) is 22.5. The minimum atomic E-state index is -4.77. The van der Waals surface area contributed by atoms with E-state index in [1.54, 1.807) is 4.90 Å². The summed E-state index contributed by atoms with van der Waals surface area (Å²) in [5.41, 5.74) is 0.436. The van der Waals surface area contributed by atoms with E-state index in [1.165, 1.54) is 18.5 Å². The molecule has 2 aliphatic heterocycles. The molecule has 14 heteroatoms. The number of rotatable bonds is 6. The van der Waals surface area contributed by atoms with Crippen molar-refractivity contribution >= 4 is 43.4 Å². The maximum atomic E-state index is 14.6. The zero-order valence-electron chi connectivity index (χ0n) is 16.6. The molecule has 1 aromatic carbocycles. The summed E-state index contributed by atoms with van der Waals surface area (Å²) in [6.07, 6.45) is -0.496. The highest BCUT2D eigenvalue weighted by Gasteiger charge is 2.41. The Morgan fingerprint density at radius 3 is 2.74 bits per heavy atom. The molecule has 12 nitrogen and oxygen atoms in total. The SMILES string of the molecule is CC(=O)OP(=O)(O)N(C[C@H]1CN(c2ccc(N3C=NOCC3)c(F)c2)C(=O)O1)C(C)=O. The van der Waals surface area contributed by atoms with Gasteiger partial charge in [-0.25, -0.2) is 18.4 Å². The Labute approximate surface area is 176 Å². The standard InChI is InChI=1S/C17H20FN4O8P/c1-11(23)22(31(26,27)30-12(2)24)9-14-8-21(17(25)29-14)13-3-4-16(15(18)7-13)20-5-6-28-19-10-20/h3-4,7,10,14H,5-6,8-9H2,1-2H3,(H,26,27)/t14-/m1/s1. The molecule has 0 bridgehead atoms. The largest absolute Gasteiger partial charge is 0.490 e. The van der Waals surface area contributed by atoms with Gasteiger partial charge in [-0.2, -0.15) is 0 Å². The van der Waals surface area contributed by atoms with Crippen LogP contribution in [0, 0.1) is 5.82 Å². The van der Waals surface area contributed by atoms with E-state index in [-0.39, 0.29) is 17.9 Å². The molecule has 0 spiro atoms. The molecule has 1 saturated heterocycles. The molecule has 2 heterocycles. The van der Waals surface area contributed by atoms with Gasteiger partial charge in [0, 0.05) is 13.8 Å². The lowest BCUT2D eigenvalue weighted by Gasteiger charge is -2.26. The van der Waals surface area contributed by atoms with Crippen molar-refractivity contribution in [3.05, 3.63) is 24.0 Å². The van der Waals surface area contributed by atoms with E-state index >= 15 is 0 Å². The molecule has 31 heavy (non-hydrogen) atoms. The lowest BCUT2D eigenvalue weighted by molar-refractivity contribution is -0.134. The van der Waals surface area contributed by atoms with Crippen LogP contribution in [0.15, 0.2) is 23.4 Å². The number of ether oxygens (including phenoxy) is 1. The zero-order valence-corrected chi connectivity index (χ0v) is 17.5. The predicted octanol–water partition coefficient (Wildman–Crippen LogP) is 1.44. The van der Waals surface area contributed by atoms with Gasteiger partial charge in [0.1, 0.15) is 24.9 Å². The maximum absolute atomic E-state index is 14.6.